The van der Waals surface area contributed by atoms with E-state index in [1.165, 1.54) is 19.2 Å². The normalized spacial score (nSPS) is 10.5. The lowest BCUT2D eigenvalue weighted by Crippen LogP contribution is -1.90. The zero-order chi connectivity index (χ0) is 10.1. The fraction of sp³-hybridized carbons (Fsp3) is 0.100. The van der Waals surface area contributed by atoms with Crippen molar-refractivity contribution in [3.8, 4) is 5.75 Å². The van der Waals surface area contributed by atoms with Crippen LogP contribution in [0, 0.1) is 11.8 Å². The first-order chi connectivity index (χ1) is 6.70. The lowest BCUT2D eigenvalue weighted by Gasteiger charge is -2.02. The van der Waals surface area contributed by atoms with Crippen LogP contribution in [0.4, 0.5) is 8.78 Å². The number of rotatable bonds is 1. The number of benzene rings is 1. The van der Waals surface area contributed by atoms with Crippen LogP contribution in [-0.2, 0) is 0 Å². The first-order valence-corrected chi connectivity index (χ1v) is 4.00. The van der Waals surface area contributed by atoms with E-state index in [4.69, 9.17) is 4.74 Å². The molecule has 0 amide bonds. The smallest absolute Gasteiger partial charge is 0.216 e. The van der Waals surface area contributed by atoms with Crippen molar-refractivity contribution < 1.29 is 13.5 Å². The van der Waals surface area contributed by atoms with Gasteiger partial charge in [0, 0.05) is 17.5 Å². The van der Waals surface area contributed by atoms with E-state index >= 15 is 0 Å². The first-order valence-electron chi connectivity index (χ1n) is 4.00. The molecule has 4 heteroatoms. The Morgan fingerprint density at radius 3 is 2.71 bits per heavy atom. The van der Waals surface area contributed by atoms with Gasteiger partial charge in [0.1, 0.15) is 11.6 Å². The van der Waals surface area contributed by atoms with Crippen LogP contribution in [0.2, 0.25) is 0 Å². The molecule has 0 bridgehead atoms. The second-order valence-corrected chi connectivity index (χ2v) is 2.81. The SMILES string of the molecule is COc1ccc2c(F)cc(F)nc2c1. The van der Waals surface area contributed by atoms with Crippen LogP contribution in [0.3, 0.4) is 0 Å². The fourth-order valence-corrected chi connectivity index (χ4v) is 1.26. The maximum absolute atomic E-state index is 13.2. The van der Waals surface area contributed by atoms with Crippen molar-refractivity contribution in [1.82, 2.24) is 4.98 Å². The third kappa shape index (κ3) is 1.39. The molecular formula is C10H7F2NO. The average molecular weight is 195 g/mol. The second-order valence-electron chi connectivity index (χ2n) is 2.81. The maximum atomic E-state index is 13.2. The number of methoxy groups -OCH3 is 1. The summed E-state index contributed by atoms with van der Waals surface area (Å²) < 4.78 is 30.8. The van der Waals surface area contributed by atoms with E-state index in [0.717, 1.165) is 6.07 Å². The molecule has 0 aliphatic carbocycles. The summed E-state index contributed by atoms with van der Waals surface area (Å²) in [5.74, 6) is -0.923. The molecule has 72 valence electrons. The van der Waals surface area contributed by atoms with Crippen molar-refractivity contribution in [2.75, 3.05) is 7.11 Å². The standard InChI is InChI=1S/C10H7F2NO/c1-14-6-2-3-7-8(11)5-10(12)13-9(7)4-6/h2-5H,1H3. The zero-order valence-corrected chi connectivity index (χ0v) is 7.42. The van der Waals surface area contributed by atoms with Crippen molar-refractivity contribution in [2.45, 2.75) is 0 Å². The van der Waals surface area contributed by atoms with Gasteiger partial charge < -0.3 is 4.74 Å². The molecular weight excluding hydrogens is 188 g/mol. The Kier molecular flexibility index (Phi) is 2.04. The van der Waals surface area contributed by atoms with Crippen molar-refractivity contribution >= 4 is 10.9 Å². The number of hydrogen-bond donors (Lipinski definition) is 0. The Balaban J connectivity index is 2.75. The molecule has 0 aliphatic heterocycles. The van der Waals surface area contributed by atoms with Crippen LogP contribution in [0.15, 0.2) is 24.3 Å². The predicted octanol–water partition coefficient (Wildman–Crippen LogP) is 2.52. The van der Waals surface area contributed by atoms with E-state index in [1.54, 1.807) is 6.07 Å². The average Bonchev–Trinajstić information content (AvgIpc) is 2.16. The Hall–Kier alpha value is -1.71. The summed E-state index contributed by atoms with van der Waals surface area (Å²) in [7, 11) is 1.48. The van der Waals surface area contributed by atoms with Gasteiger partial charge in [0.15, 0.2) is 0 Å². The molecule has 0 saturated carbocycles. The molecule has 0 fully saturated rings. The quantitative estimate of drug-likeness (QED) is 0.652. The molecule has 0 spiro atoms. The zero-order valence-electron chi connectivity index (χ0n) is 7.42. The number of hydrogen-bond acceptors (Lipinski definition) is 2. The molecule has 1 aromatic heterocycles. The van der Waals surface area contributed by atoms with E-state index < -0.39 is 11.8 Å². The van der Waals surface area contributed by atoms with Crippen molar-refractivity contribution in [2.24, 2.45) is 0 Å². The van der Waals surface area contributed by atoms with Gasteiger partial charge in [-0.25, -0.2) is 9.37 Å². The highest BCUT2D eigenvalue weighted by Crippen LogP contribution is 2.21. The highest BCUT2D eigenvalue weighted by atomic mass is 19.1. The second kappa shape index (κ2) is 3.21. The highest BCUT2D eigenvalue weighted by Gasteiger charge is 2.05. The summed E-state index contributed by atoms with van der Waals surface area (Å²) in [4.78, 5) is 3.56. The Morgan fingerprint density at radius 1 is 1.21 bits per heavy atom. The third-order valence-corrected chi connectivity index (χ3v) is 1.94. The van der Waals surface area contributed by atoms with Crippen LogP contribution in [0.1, 0.15) is 0 Å². The van der Waals surface area contributed by atoms with Gasteiger partial charge in [0.05, 0.1) is 12.6 Å². The molecule has 0 N–H and O–H groups in total. The number of fused-ring (bicyclic) bond motifs is 1. The summed E-state index contributed by atoms with van der Waals surface area (Å²) in [6.45, 7) is 0. The van der Waals surface area contributed by atoms with Gasteiger partial charge in [-0.1, -0.05) is 0 Å². The Labute approximate surface area is 79.1 Å². The Bertz CT molecular complexity index is 485. The molecule has 2 aromatic rings. The van der Waals surface area contributed by atoms with Gasteiger partial charge in [-0.15, -0.1) is 0 Å². The third-order valence-electron chi connectivity index (χ3n) is 1.94. The summed E-state index contributed by atoms with van der Waals surface area (Å²) in [6, 6.07) is 5.36. The van der Waals surface area contributed by atoms with Crippen molar-refractivity contribution in [3.63, 3.8) is 0 Å². The summed E-state index contributed by atoms with van der Waals surface area (Å²) >= 11 is 0. The van der Waals surface area contributed by atoms with Gasteiger partial charge in [-0.05, 0) is 12.1 Å². The number of aromatic nitrogens is 1. The summed E-state index contributed by atoms with van der Waals surface area (Å²) in [5, 5.41) is 0.284. The fourth-order valence-electron chi connectivity index (χ4n) is 1.26. The minimum Gasteiger partial charge on any atom is -0.497 e. The number of nitrogens with zero attached hydrogens (tertiary/aromatic N) is 1. The largest absolute Gasteiger partial charge is 0.497 e. The van der Waals surface area contributed by atoms with E-state index in [9.17, 15) is 8.78 Å². The lowest BCUT2D eigenvalue weighted by molar-refractivity contribution is 0.415. The van der Waals surface area contributed by atoms with E-state index in [0.29, 0.717) is 5.75 Å². The van der Waals surface area contributed by atoms with Crippen LogP contribution < -0.4 is 4.74 Å². The molecule has 0 saturated heterocycles. The molecule has 0 aliphatic rings. The maximum Gasteiger partial charge on any atom is 0.216 e. The summed E-state index contributed by atoms with van der Waals surface area (Å²) in [6.07, 6.45) is 0. The molecule has 2 rings (SSSR count). The van der Waals surface area contributed by atoms with E-state index in [1.807, 2.05) is 0 Å². The van der Waals surface area contributed by atoms with Crippen molar-refractivity contribution in [3.05, 3.63) is 36.0 Å². The Morgan fingerprint density at radius 2 is 2.00 bits per heavy atom. The van der Waals surface area contributed by atoms with E-state index in [-0.39, 0.29) is 10.9 Å². The van der Waals surface area contributed by atoms with E-state index in [2.05, 4.69) is 4.98 Å². The van der Waals surface area contributed by atoms with Gasteiger partial charge >= 0.3 is 0 Å². The summed E-state index contributed by atoms with van der Waals surface area (Å²) in [5.41, 5.74) is 0.252. The molecule has 1 heterocycles. The van der Waals surface area contributed by atoms with Gasteiger partial charge in [-0.3, -0.25) is 0 Å². The lowest BCUT2D eigenvalue weighted by atomic mass is 10.2. The number of ether oxygens (including phenoxy) is 1. The van der Waals surface area contributed by atoms with Crippen LogP contribution >= 0.6 is 0 Å². The van der Waals surface area contributed by atoms with Gasteiger partial charge in [0.25, 0.3) is 0 Å². The molecule has 0 atom stereocenters. The van der Waals surface area contributed by atoms with Gasteiger partial charge in [0.2, 0.25) is 5.95 Å². The topological polar surface area (TPSA) is 22.1 Å². The molecule has 14 heavy (non-hydrogen) atoms. The minimum atomic E-state index is -0.830. The first kappa shape index (κ1) is 8.87. The van der Waals surface area contributed by atoms with Crippen LogP contribution in [-0.4, -0.2) is 12.1 Å². The number of halogens is 2. The minimum absolute atomic E-state index is 0.252. The van der Waals surface area contributed by atoms with Crippen LogP contribution in [0.25, 0.3) is 10.9 Å². The molecule has 0 radical (unpaired) electrons. The van der Waals surface area contributed by atoms with Crippen LogP contribution in [0.5, 0.6) is 5.75 Å². The number of pyridine rings is 1. The van der Waals surface area contributed by atoms with Crippen molar-refractivity contribution in [1.29, 1.82) is 0 Å². The molecule has 0 unspecified atom stereocenters. The van der Waals surface area contributed by atoms with Gasteiger partial charge in [-0.2, -0.15) is 4.39 Å². The molecule has 1 aromatic carbocycles. The predicted molar refractivity (Wildman–Crippen MR) is 48.2 cm³/mol. The molecule has 2 nitrogen and oxygen atoms in total. The highest BCUT2D eigenvalue weighted by molar-refractivity contribution is 5.80. The monoisotopic (exact) mass is 195 g/mol.